The summed E-state index contributed by atoms with van der Waals surface area (Å²) in [4.78, 5) is 11.0. The average molecular weight is 260 g/mol. The molecule has 1 aliphatic carbocycles. The quantitative estimate of drug-likeness (QED) is 0.830. The molecule has 0 amide bonds. The molecule has 1 atom stereocenters. The summed E-state index contributed by atoms with van der Waals surface area (Å²) >= 11 is 0. The van der Waals surface area contributed by atoms with Crippen LogP contribution in [0.15, 0.2) is 24.3 Å². The molecular weight excluding hydrogens is 236 g/mol. The first kappa shape index (κ1) is 14.1. The van der Waals surface area contributed by atoms with Gasteiger partial charge in [0, 0.05) is 0 Å². The van der Waals surface area contributed by atoms with Crippen LogP contribution in [0, 0.1) is 11.8 Å². The second kappa shape index (κ2) is 6.23. The Labute approximate surface area is 115 Å². The Hall–Kier alpha value is -1.31. The highest BCUT2D eigenvalue weighted by Crippen LogP contribution is 2.41. The third-order valence-electron chi connectivity index (χ3n) is 4.17. The van der Waals surface area contributed by atoms with Crippen molar-refractivity contribution >= 4 is 5.97 Å². The third kappa shape index (κ3) is 3.82. The number of carbonyl (C=O) groups is 1. The fourth-order valence-corrected chi connectivity index (χ4v) is 2.96. The first-order valence-corrected chi connectivity index (χ1v) is 7.37. The molecule has 19 heavy (non-hydrogen) atoms. The van der Waals surface area contributed by atoms with Gasteiger partial charge in [-0.15, -0.1) is 0 Å². The van der Waals surface area contributed by atoms with Gasteiger partial charge < -0.3 is 5.11 Å². The standard InChI is InChI=1S/C17H24O2/c1-12(2)10-13-6-8-15(9-7-13)16(11-17(18)19)14-4-3-5-14/h6-9,12,14,16H,3-5,10-11H2,1-2H3,(H,18,19). The van der Waals surface area contributed by atoms with Crippen LogP contribution in [-0.2, 0) is 11.2 Å². The lowest BCUT2D eigenvalue weighted by molar-refractivity contribution is -0.138. The van der Waals surface area contributed by atoms with Gasteiger partial charge in [-0.05, 0) is 48.1 Å². The molecule has 1 unspecified atom stereocenters. The second-order valence-electron chi connectivity index (χ2n) is 6.23. The van der Waals surface area contributed by atoms with Crippen molar-refractivity contribution in [3.8, 4) is 0 Å². The van der Waals surface area contributed by atoms with Gasteiger partial charge in [0.2, 0.25) is 0 Å². The average Bonchev–Trinajstić information content (AvgIpc) is 2.25. The summed E-state index contributed by atoms with van der Waals surface area (Å²) in [6.07, 6.45) is 4.99. The number of carboxylic acids is 1. The predicted octanol–water partition coefficient (Wildman–Crippen LogP) is 4.24. The molecule has 0 saturated heterocycles. The lowest BCUT2D eigenvalue weighted by Gasteiger charge is -2.33. The van der Waals surface area contributed by atoms with E-state index >= 15 is 0 Å². The molecule has 1 N–H and O–H groups in total. The van der Waals surface area contributed by atoms with Gasteiger partial charge in [0.25, 0.3) is 0 Å². The highest BCUT2D eigenvalue weighted by Gasteiger charge is 2.30. The largest absolute Gasteiger partial charge is 0.481 e. The lowest BCUT2D eigenvalue weighted by Crippen LogP contribution is -2.22. The van der Waals surface area contributed by atoms with E-state index in [2.05, 4.69) is 38.1 Å². The molecule has 1 aromatic rings. The fraction of sp³-hybridized carbons (Fsp3) is 0.588. The molecule has 0 spiro atoms. The van der Waals surface area contributed by atoms with Crippen molar-refractivity contribution in [1.82, 2.24) is 0 Å². The van der Waals surface area contributed by atoms with Gasteiger partial charge in [-0.3, -0.25) is 4.79 Å². The van der Waals surface area contributed by atoms with E-state index < -0.39 is 5.97 Å². The molecule has 1 fully saturated rings. The van der Waals surface area contributed by atoms with Crippen LogP contribution in [0.2, 0.25) is 0 Å². The molecule has 1 aromatic carbocycles. The third-order valence-corrected chi connectivity index (χ3v) is 4.17. The van der Waals surface area contributed by atoms with Crippen molar-refractivity contribution in [2.75, 3.05) is 0 Å². The van der Waals surface area contributed by atoms with Crippen molar-refractivity contribution in [2.45, 2.75) is 51.9 Å². The Balaban J connectivity index is 2.10. The number of rotatable bonds is 6. The van der Waals surface area contributed by atoms with Gasteiger partial charge in [0.1, 0.15) is 0 Å². The molecule has 1 aliphatic rings. The van der Waals surface area contributed by atoms with E-state index in [0.29, 0.717) is 11.8 Å². The van der Waals surface area contributed by atoms with Crippen molar-refractivity contribution in [3.63, 3.8) is 0 Å². The van der Waals surface area contributed by atoms with Crippen LogP contribution < -0.4 is 0 Å². The topological polar surface area (TPSA) is 37.3 Å². The first-order chi connectivity index (χ1) is 9.06. The Bertz CT molecular complexity index is 415. The summed E-state index contributed by atoms with van der Waals surface area (Å²) in [5, 5.41) is 9.09. The van der Waals surface area contributed by atoms with Gasteiger partial charge in [-0.1, -0.05) is 44.5 Å². The van der Waals surface area contributed by atoms with Crippen LogP contribution in [0.4, 0.5) is 0 Å². The summed E-state index contributed by atoms with van der Waals surface area (Å²) in [6.45, 7) is 4.44. The van der Waals surface area contributed by atoms with Crippen LogP contribution in [0.25, 0.3) is 0 Å². The normalized spacial score (nSPS) is 17.2. The molecule has 0 heterocycles. The van der Waals surface area contributed by atoms with Gasteiger partial charge >= 0.3 is 5.97 Å². The molecule has 1 saturated carbocycles. The highest BCUT2D eigenvalue weighted by molar-refractivity contribution is 5.68. The first-order valence-electron chi connectivity index (χ1n) is 7.37. The van der Waals surface area contributed by atoms with E-state index in [-0.39, 0.29) is 12.3 Å². The zero-order valence-corrected chi connectivity index (χ0v) is 11.9. The Morgan fingerprint density at radius 2 is 1.89 bits per heavy atom. The second-order valence-corrected chi connectivity index (χ2v) is 6.23. The van der Waals surface area contributed by atoms with E-state index in [4.69, 9.17) is 5.11 Å². The summed E-state index contributed by atoms with van der Waals surface area (Å²) in [6, 6.07) is 8.62. The number of aliphatic carboxylic acids is 1. The zero-order chi connectivity index (χ0) is 13.8. The Morgan fingerprint density at radius 1 is 1.26 bits per heavy atom. The number of hydrogen-bond donors (Lipinski definition) is 1. The van der Waals surface area contributed by atoms with Crippen LogP contribution in [-0.4, -0.2) is 11.1 Å². The molecule has 2 rings (SSSR count). The van der Waals surface area contributed by atoms with E-state index in [1.807, 2.05) is 0 Å². The van der Waals surface area contributed by atoms with E-state index in [1.165, 1.54) is 30.4 Å². The van der Waals surface area contributed by atoms with Crippen LogP contribution >= 0.6 is 0 Å². The van der Waals surface area contributed by atoms with Gasteiger partial charge in [-0.2, -0.15) is 0 Å². The monoisotopic (exact) mass is 260 g/mol. The minimum Gasteiger partial charge on any atom is -0.481 e. The van der Waals surface area contributed by atoms with Gasteiger partial charge in [0.15, 0.2) is 0 Å². The Kier molecular flexibility index (Phi) is 4.62. The summed E-state index contributed by atoms with van der Waals surface area (Å²) in [5.41, 5.74) is 2.56. The molecule has 0 aromatic heterocycles. The van der Waals surface area contributed by atoms with Gasteiger partial charge in [-0.25, -0.2) is 0 Å². The molecule has 104 valence electrons. The SMILES string of the molecule is CC(C)Cc1ccc(C(CC(=O)O)C2CCC2)cc1. The van der Waals surface area contributed by atoms with E-state index in [1.54, 1.807) is 0 Å². The zero-order valence-electron chi connectivity index (χ0n) is 11.9. The lowest BCUT2D eigenvalue weighted by atomic mass is 9.71. The van der Waals surface area contributed by atoms with Crippen molar-refractivity contribution in [1.29, 1.82) is 0 Å². The van der Waals surface area contributed by atoms with E-state index in [9.17, 15) is 4.79 Å². The summed E-state index contributed by atoms with van der Waals surface area (Å²) in [7, 11) is 0. The number of hydrogen-bond acceptors (Lipinski definition) is 1. The minimum absolute atomic E-state index is 0.208. The summed E-state index contributed by atoms with van der Waals surface area (Å²) < 4.78 is 0. The van der Waals surface area contributed by atoms with Crippen molar-refractivity contribution in [2.24, 2.45) is 11.8 Å². The molecule has 0 radical (unpaired) electrons. The molecule has 0 bridgehead atoms. The summed E-state index contributed by atoms with van der Waals surface area (Å²) in [5.74, 6) is 0.766. The number of benzene rings is 1. The molecule has 0 aliphatic heterocycles. The van der Waals surface area contributed by atoms with Crippen LogP contribution in [0.3, 0.4) is 0 Å². The van der Waals surface area contributed by atoms with E-state index in [0.717, 1.165) is 6.42 Å². The minimum atomic E-state index is -0.678. The van der Waals surface area contributed by atoms with Crippen LogP contribution in [0.5, 0.6) is 0 Å². The Morgan fingerprint density at radius 3 is 2.32 bits per heavy atom. The van der Waals surface area contributed by atoms with Crippen molar-refractivity contribution < 1.29 is 9.90 Å². The number of carboxylic acid groups (broad SMARTS) is 1. The maximum Gasteiger partial charge on any atom is 0.303 e. The highest BCUT2D eigenvalue weighted by atomic mass is 16.4. The smallest absolute Gasteiger partial charge is 0.303 e. The molecule has 2 heteroatoms. The van der Waals surface area contributed by atoms with Gasteiger partial charge in [0.05, 0.1) is 6.42 Å². The molecular formula is C17H24O2. The predicted molar refractivity (Wildman–Crippen MR) is 77.3 cm³/mol. The maximum absolute atomic E-state index is 11.0. The fourth-order valence-electron chi connectivity index (χ4n) is 2.96. The maximum atomic E-state index is 11.0. The van der Waals surface area contributed by atoms with Crippen LogP contribution in [0.1, 0.15) is 56.6 Å². The van der Waals surface area contributed by atoms with Crippen molar-refractivity contribution in [3.05, 3.63) is 35.4 Å². The molecule has 2 nitrogen and oxygen atoms in total.